The van der Waals surface area contributed by atoms with Gasteiger partial charge in [0.05, 0.1) is 0 Å². The summed E-state index contributed by atoms with van der Waals surface area (Å²) in [7, 11) is 0. The Bertz CT molecular complexity index is 958. The molecule has 0 saturated heterocycles. The van der Waals surface area contributed by atoms with E-state index in [1.807, 2.05) is 6.92 Å². The topological polar surface area (TPSA) is 133 Å². The van der Waals surface area contributed by atoms with E-state index in [2.05, 4.69) is 30.9 Å². The maximum absolute atomic E-state index is 6.13. The van der Waals surface area contributed by atoms with Crippen LogP contribution in [0.2, 0.25) is 5.02 Å². The lowest BCUT2D eigenvalue weighted by Crippen LogP contribution is -2.33. The number of nitrogens with zero attached hydrogens (tertiary/aromatic N) is 5. The molecule has 0 bridgehead atoms. The number of fused-ring (bicyclic) bond motifs is 1. The molecule has 4 rings (SSSR count). The minimum Gasteiger partial charge on any atom is -0.399 e. The zero-order chi connectivity index (χ0) is 19.7. The average Bonchev–Trinajstić information content (AvgIpc) is 3.06. The van der Waals surface area contributed by atoms with Gasteiger partial charge in [-0.05, 0) is 50.8 Å². The Balaban J connectivity index is 1.68. The first kappa shape index (κ1) is 18.7. The quantitative estimate of drug-likeness (QED) is 0.479. The van der Waals surface area contributed by atoms with Crippen LogP contribution < -0.4 is 22.1 Å². The number of anilines is 4. The van der Waals surface area contributed by atoms with Crippen LogP contribution in [0.3, 0.4) is 0 Å². The standard InChI is InChI=1S/C18H24ClN9/c1-2-28-17-15(26-27-28)16(22-14-8-10(19)7-12(21)9-14)24-18(25-17)23-13-5-3-11(20)4-6-13/h7-9,11,13H,2-6,20-21H2,1H3,(H2,22,23,24,25). The maximum atomic E-state index is 6.13. The van der Waals surface area contributed by atoms with Crippen molar-refractivity contribution < 1.29 is 0 Å². The lowest BCUT2D eigenvalue weighted by atomic mass is 9.92. The molecular formula is C18H24ClN9. The maximum Gasteiger partial charge on any atom is 0.227 e. The molecule has 1 saturated carbocycles. The van der Waals surface area contributed by atoms with Crippen LogP contribution in [0.15, 0.2) is 18.2 Å². The van der Waals surface area contributed by atoms with Crippen molar-refractivity contribution in [3.05, 3.63) is 23.2 Å². The van der Waals surface area contributed by atoms with Gasteiger partial charge in [0.15, 0.2) is 17.0 Å². The van der Waals surface area contributed by atoms with E-state index in [4.69, 9.17) is 23.1 Å². The zero-order valence-electron chi connectivity index (χ0n) is 15.7. The fourth-order valence-corrected chi connectivity index (χ4v) is 3.73. The van der Waals surface area contributed by atoms with Crippen LogP contribution >= 0.6 is 11.6 Å². The van der Waals surface area contributed by atoms with E-state index in [-0.39, 0.29) is 6.04 Å². The van der Waals surface area contributed by atoms with Crippen LogP contribution in [0.5, 0.6) is 0 Å². The molecule has 0 radical (unpaired) electrons. The van der Waals surface area contributed by atoms with Gasteiger partial charge < -0.3 is 22.1 Å². The van der Waals surface area contributed by atoms with E-state index in [1.54, 1.807) is 22.9 Å². The van der Waals surface area contributed by atoms with Crippen LogP contribution in [0.25, 0.3) is 11.2 Å². The number of nitrogens with two attached hydrogens (primary N) is 2. The van der Waals surface area contributed by atoms with Crippen molar-refractivity contribution in [3.63, 3.8) is 0 Å². The van der Waals surface area contributed by atoms with Gasteiger partial charge in [-0.2, -0.15) is 9.97 Å². The molecule has 1 aromatic carbocycles. The highest BCUT2D eigenvalue weighted by molar-refractivity contribution is 6.31. The van der Waals surface area contributed by atoms with Crippen molar-refractivity contribution in [2.24, 2.45) is 5.73 Å². The summed E-state index contributed by atoms with van der Waals surface area (Å²) in [6, 6.07) is 5.86. The first-order chi connectivity index (χ1) is 13.5. The van der Waals surface area contributed by atoms with Crippen LogP contribution in [-0.2, 0) is 6.54 Å². The van der Waals surface area contributed by atoms with E-state index in [1.165, 1.54) is 0 Å². The number of hydrogen-bond donors (Lipinski definition) is 4. The van der Waals surface area contributed by atoms with E-state index in [0.29, 0.717) is 46.2 Å². The van der Waals surface area contributed by atoms with Crippen LogP contribution in [0.4, 0.5) is 23.1 Å². The molecule has 1 aliphatic carbocycles. The largest absolute Gasteiger partial charge is 0.399 e. The summed E-state index contributed by atoms with van der Waals surface area (Å²) < 4.78 is 1.75. The highest BCUT2D eigenvalue weighted by atomic mass is 35.5. The van der Waals surface area contributed by atoms with Gasteiger partial charge >= 0.3 is 0 Å². The number of nitrogens with one attached hydrogen (secondary N) is 2. The predicted octanol–water partition coefficient (Wildman–Crippen LogP) is 2.90. The molecule has 9 nitrogen and oxygen atoms in total. The Morgan fingerprint density at radius 3 is 2.68 bits per heavy atom. The molecule has 2 aromatic heterocycles. The summed E-state index contributed by atoms with van der Waals surface area (Å²) in [5, 5.41) is 15.7. The molecule has 1 aliphatic rings. The molecular weight excluding hydrogens is 378 g/mol. The monoisotopic (exact) mass is 401 g/mol. The Labute approximate surface area is 167 Å². The summed E-state index contributed by atoms with van der Waals surface area (Å²) in [6.45, 7) is 2.66. The van der Waals surface area contributed by atoms with Crippen molar-refractivity contribution >= 4 is 45.9 Å². The SMILES string of the molecule is CCn1nnc2c(Nc3cc(N)cc(Cl)c3)nc(NC3CCC(N)CC3)nc21. The second-order valence-corrected chi connectivity index (χ2v) is 7.56. The van der Waals surface area contributed by atoms with Crippen molar-refractivity contribution in [1.29, 1.82) is 0 Å². The summed E-state index contributed by atoms with van der Waals surface area (Å²) in [5.41, 5.74) is 14.5. The van der Waals surface area contributed by atoms with Crippen LogP contribution in [-0.4, -0.2) is 37.0 Å². The molecule has 2 heterocycles. The van der Waals surface area contributed by atoms with E-state index in [9.17, 15) is 0 Å². The van der Waals surface area contributed by atoms with E-state index < -0.39 is 0 Å². The molecule has 28 heavy (non-hydrogen) atoms. The smallest absolute Gasteiger partial charge is 0.227 e. The van der Waals surface area contributed by atoms with Crippen LogP contribution in [0.1, 0.15) is 32.6 Å². The van der Waals surface area contributed by atoms with Crippen molar-refractivity contribution in [3.8, 4) is 0 Å². The van der Waals surface area contributed by atoms with Gasteiger partial charge in [-0.15, -0.1) is 5.10 Å². The normalized spacial score (nSPS) is 19.7. The molecule has 0 aliphatic heterocycles. The second kappa shape index (κ2) is 7.76. The molecule has 0 atom stereocenters. The van der Waals surface area contributed by atoms with Gasteiger partial charge in [0.2, 0.25) is 5.95 Å². The summed E-state index contributed by atoms with van der Waals surface area (Å²) in [5.74, 6) is 1.10. The third-order valence-corrected chi connectivity index (χ3v) is 5.17. The lowest BCUT2D eigenvalue weighted by molar-refractivity contribution is 0.410. The highest BCUT2D eigenvalue weighted by Crippen LogP contribution is 2.28. The van der Waals surface area contributed by atoms with Gasteiger partial charge in [0.1, 0.15) is 0 Å². The second-order valence-electron chi connectivity index (χ2n) is 7.13. The average molecular weight is 402 g/mol. The summed E-state index contributed by atoms with van der Waals surface area (Å²) >= 11 is 6.13. The first-order valence-electron chi connectivity index (χ1n) is 9.48. The molecule has 0 spiro atoms. The Kier molecular flexibility index (Phi) is 5.19. The van der Waals surface area contributed by atoms with Gasteiger partial charge in [-0.1, -0.05) is 16.8 Å². The minimum atomic E-state index is 0.290. The fourth-order valence-electron chi connectivity index (χ4n) is 3.49. The third-order valence-electron chi connectivity index (χ3n) is 4.95. The predicted molar refractivity (Wildman–Crippen MR) is 112 cm³/mol. The Hall–Kier alpha value is -2.65. The van der Waals surface area contributed by atoms with Gasteiger partial charge in [0, 0.05) is 35.0 Å². The number of rotatable bonds is 5. The highest BCUT2D eigenvalue weighted by Gasteiger charge is 2.21. The molecule has 3 aromatic rings. The molecule has 6 N–H and O–H groups in total. The van der Waals surface area contributed by atoms with Crippen molar-refractivity contribution in [2.45, 2.75) is 51.2 Å². The van der Waals surface area contributed by atoms with Crippen LogP contribution in [0, 0.1) is 0 Å². The number of benzene rings is 1. The van der Waals surface area contributed by atoms with Crippen molar-refractivity contribution in [1.82, 2.24) is 25.0 Å². The van der Waals surface area contributed by atoms with E-state index >= 15 is 0 Å². The first-order valence-corrected chi connectivity index (χ1v) is 9.86. The van der Waals surface area contributed by atoms with Gasteiger partial charge in [-0.3, -0.25) is 0 Å². The molecule has 0 unspecified atom stereocenters. The Morgan fingerprint density at radius 1 is 1.18 bits per heavy atom. The van der Waals surface area contributed by atoms with Crippen molar-refractivity contribution in [2.75, 3.05) is 16.4 Å². The number of aromatic nitrogens is 5. The van der Waals surface area contributed by atoms with E-state index in [0.717, 1.165) is 31.4 Å². The van der Waals surface area contributed by atoms with Gasteiger partial charge in [0.25, 0.3) is 0 Å². The lowest BCUT2D eigenvalue weighted by Gasteiger charge is -2.26. The minimum absolute atomic E-state index is 0.290. The summed E-state index contributed by atoms with van der Waals surface area (Å²) in [4.78, 5) is 9.30. The zero-order valence-corrected chi connectivity index (χ0v) is 16.4. The third kappa shape index (κ3) is 3.95. The Morgan fingerprint density at radius 2 is 1.96 bits per heavy atom. The number of halogens is 1. The molecule has 10 heteroatoms. The number of nitrogen functional groups attached to an aromatic ring is 1. The van der Waals surface area contributed by atoms with Gasteiger partial charge in [-0.25, -0.2) is 4.68 Å². The fraction of sp³-hybridized carbons (Fsp3) is 0.444. The molecule has 148 valence electrons. The summed E-state index contributed by atoms with van der Waals surface area (Å²) in [6.07, 6.45) is 4.01. The molecule has 1 fully saturated rings. The number of hydrogen-bond acceptors (Lipinski definition) is 8. The number of aryl methyl sites for hydroxylation is 1. The molecule has 0 amide bonds.